The van der Waals surface area contributed by atoms with Gasteiger partial charge in [0, 0.05) is 0 Å². The van der Waals surface area contributed by atoms with E-state index in [2.05, 4.69) is 27.8 Å². The molecule has 0 aromatic rings. The molecule has 18 heavy (non-hydrogen) atoms. The van der Waals surface area contributed by atoms with E-state index < -0.39 is 19.5 Å². The van der Waals surface area contributed by atoms with E-state index in [0.29, 0.717) is 0 Å². The van der Waals surface area contributed by atoms with Gasteiger partial charge in [-0.2, -0.15) is 0 Å². The fourth-order valence-electron chi connectivity index (χ4n) is 1.95. The molecule has 0 aromatic heterocycles. The van der Waals surface area contributed by atoms with Gasteiger partial charge in [-0.1, -0.05) is 20.8 Å². The molecule has 0 radical (unpaired) electrons. The standard InChI is InChI=1S/C10H24N.6FH.Sb/c1-5-8-11(4,9-6-2)10-7-3;;;;;;;/h5-10H2,1-4H3;6*1H;/q+1;;;;;;;+5/p-6. The molecule has 0 atom stereocenters. The van der Waals surface area contributed by atoms with Crippen LogP contribution >= 0.6 is 0 Å². The van der Waals surface area contributed by atoms with Crippen LogP contribution in [0.25, 0.3) is 0 Å². The van der Waals surface area contributed by atoms with Crippen LogP contribution in [-0.4, -0.2) is 50.6 Å². The normalized spacial score (nSPS) is 16.3. The molecule has 0 aliphatic carbocycles. The van der Waals surface area contributed by atoms with Crippen molar-refractivity contribution >= 4 is 19.5 Å². The third-order valence-electron chi connectivity index (χ3n) is 2.29. The summed E-state index contributed by atoms with van der Waals surface area (Å²) in [5, 5.41) is 0. The second kappa shape index (κ2) is 6.21. The third-order valence-corrected chi connectivity index (χ3v) is 2.29. The number of quaternary nitrogens is 1. The van der Waals surface area contributed by atoms with Crippen molar-refractivity contribution in [2.24, 2.45) is 0 Å². The molecule has 8 heteroatoms. The number of hydrogen-bond donors (Lipinski definition) is 0. The molecule has 0 rings (SSSR count). The number of rotatable bonds is 6. The van der Waals surface area contributed by atoms with Gasteiger partial charge >= 0.3 is 36.4 Å². The van der Waals surface area contributed by atoms with Crippen LogP contribution in [0.2, 0.25) is 0 Å². The predicted octanol–water partition coefficient (Wildman–Crippen LogP) is 4.80. The second-order valence-electron chi connectivity index (χ2n) is 4.75. The summed E-state index contributed by atoms with van der Waals surface area (Å²) in [6.45, 7) is 10.9. The summed E-state index contributed by atoms with van der Waals surface area (Å²) < 4.78 is 60.8. The van der Waals surface area contributed by atoms with Crippen molar-refractivity contribution in [2.75, 3.05) is 26.7 Å². The molecule has 0 fully saturated rings. The summed E-state index contributed by atoms with van der Waals surface area (Å²) in [7, 11) is 2.39. The second-order valence-corrected chi connectivity index (χ2v) is 10.2. The van der Waals surface area contributed by atoms with E-state index >= 15 is 0 Å². The molecule has 0 unspecified atom stereocenters. The van der Waals surface area contributed by atoms with E-state index in [1.807, 2.05) is 0 Å². The van der Waals surface area contributed by atoms with Gasteiger partial charge in [0.25, 0.3) is 0 Å². The van der Waals surface area contributed by atoms with Crippen molar-refractivity contribution in [3.63, 3.8) is 0 Å². The van der Waals surface area contributed by atoms with Crippen LogP contribution in [0, 0.1) is 0 Å². The Morgan fingerprint density at radius 2 is 0.833 bits per heavy atom. The maximum absolute atomic E-state index is 11.2. The molecule has 1 nitrogen and oxygen atoms in total. The minimum atomic E-state index is -11.2. The van der Waals surface area contributed by atoms with Crippen molar-refractivity contribution in [3.8, 4) is 0 Å². The topological polar surface area (TPSA) is 0 Å². The molecule has 0 heterocycles. The van der Waals surface area contributed by atoms with Gasteiger partial charge in [0.2, 0.25) is 0 Å². The van der Waals surface area contributed by atoms with Crippen molar-refractivity contribution in [3.05, 3.63) is 0 Å². The Morgan fingerprint density at radius 1 is 0.667 bits per heavy atom. The first-order valence-electron chi connectivity index (χ1n) is 6.03. The molecular formula is C10H24F6NSb. The van der Waals surface area contributed by atoms with Crippen molar-refractivity contribution in [1.29, 1.82) is 0 Å². The first kappa shape index (κ1) is 20.7. The minimum absolute atomic E-state index is 1.28. The Balaban J connectivity index is 0. The Hall–Kier alpha value is 0.358. The zero-order chi connectivity index (χ0) is 15.2. The molecular weight excluding hydrogens is 370 g/mol. The van der Waals surface area contributed by atoms with Gasteiger partial charge in [-0.3, -0.25) is 0 Å². The molecule has 0 aliphatic rings. The third kappa shape index (κ3) is 25.3. The Morgan fingerprint density at radius 3 is 0.944 bits per heavy atom. The molecule has 116 valence electrons. The van der Waals surface area contributed by atoms with E-state index in [9.17, 15) is 16.9 Å². The average Bonchev–Trinajstić information content (AvgIpc) is 1.98. The van der Waals surface area contributed by atoms with E-state index in [0.717, 1.165) is 0 Å². The summed E-state index contributed by atoms with van der Waals surface area (Å²) in [5.41, 5.74) is 0. The van der Waals surface area contributed by atoms with E-state index in [1.54, 1.807) is 0 Å². The van der Waals surface area contributed by atoms with E-state index in [-0.39, 0.29) is 0 Å². The summed E-state index contributed by atoms with van der Waals surface area (Å²) in [4.78, 5) is 0. The first-order valence-corrected chi connectivity index (χ1v) is 11.8. The zero-order valence-electron chi connectivity index (χ0n) is 11.4. The van der Waals surface area contributed by atoms with Crippen LogP contribution < -0.4 is 0 Å². The van der Waals surface area contributed by atoms with Crippen molar-refractivity contribution in [2.45, 2.75) is 40.0 Å². The van der Waals surface area contributed by atoms with Crippen LogP contribution in [0.4, 0.5) is 16.9 Å². The van der Waals surface area contributed by atoms with E-state index in [1.165, 1.54) is 43.4 Å². The first-order chi connectivity index (χ1) is 7.63. The van der Waals surface area contributed by atoms with Crippen molar-refractivity contribution < 1.29 is 21.4 Å². The Kier molecular flexibility index (Phi) is 7.13. The van der Waals surface area contributed by atoms with Gasteiger partial charge in [0.05, 0.1) is 26.7 Å². The number of nitrogens with zero attached hydrogens (tertiary/aromatic N) is 1. The SMILES string of the molecule is CCC[N+](C)(CCC)CCC.[F][Sb-]([F])([F])([F])([F])[F]. The van der Waals surface area contributed by atoms with Crippen LogP contribution in [-0.2, 0) is 0 Å². The van der Waals surface area contributed by atoms with Crippen molar-refractivity contribution in [1.82, 2.24) is 0 Å². The van der Waals surface area contributed by atoms with Crippen LogP contribution in [0.3, 0.4) is 0 Å². The van der Waals surface area contributed by atoms with Crippen LogP contribution in [0.15, 0.2) is 0 Å². The van der Waals surface area contributed by atoms with Gasteiger partial charge in [-0.15, -0.1) is 0 Å². The summed E-state index contributed by atoms with van der Waals surface area (Å²) in [6, 6.07) is 0. The van der Waals surface area contributed by atoms with Gasteiger partial charge in [-0.25, -0.2) is 0 Å². The number of hydrogen-bond acceptors (Lipinski definition) is 0. The predicted molar refractivity (Wildman–Crippen MR) is 64.1 cm³/mol. The molecule has 0 bridgehead atoms. The average molecular weight is 394 g/mol. The molecule has 0 N–H and O–H groups in total. The molecule has 0 saturated carbocycles. The van der Waals surface area contributed by atoms with Gasteiger partial charge in [-0.05, 0) is 19.3 Å². The van der Waals surface area contributed by atoms with Crippen LogP contribution in [0.5, 0.6) is 0 Å². The maximum atomic E-state index is 9.93. The fourth-order valence-corrected chi connectivity index (χ4v) is 1.95. The van der Waals surface area contributed by atoms with Gasteiger partial charge in [0.1, 0.15) is 0 Å². The summed E-state index contributed by atoms with van der Waals surface area (Å²) in [5.74, 6) is 0. The molecule has 0 spiro atoms. The van der Waals surface area contributed by atoms with Crippen LogP contribution in [0.1, 0.15) is 40.0 Å². The molecule has 0 saturated heterocycles. The quantitative estimate of drug-likeness (QED) is 0.345. The van der Waals surface area contributed by atoms with Gasteiger partial charge < -0.3 is 4.48 Å². The Bertz CT molecular complexity index is 205. The molecule has 0 aromatic carbocycles. The van der Waals surface area contributed by atoms with E-state index in [4.69, 9.17) is 0 Å². The zero-order valence-corrected chi connectivity index (χ0v) is 14.0. The van der Waals surface area contributed by atoms with Gasteiger partial charge in [0.15, 0.2) is 0 Å². The fraction of sp³-hybridized carbons (Fsp3) is 1.00. The summed E-state index contributed by atoms with van der Waals surface area (Å²) in [6.07, 6.45) is 3.95. The number of halogens is 6. The Labute approximate surface area is 108 Å². The molecule has 0 amide bonds. The summed E-state index contributed by atoms with van der Waals surface area (Å²) >= 11 is -11.2. The monoisotopic (exact) mass is 393 g/mol. The molecule has 0 aliphatic heterocycles.